The third-order valence-electron chi connectivity index (χ3n) is 19.4. The van der Waals surface area contributed by atoms with Crippen LogP contribution >= 0.6 is 84.2 Å². The first kappa shape index (κ1) is 82.8. The highest BCUT2D eigenvalue weighted by Gasteiger charge is 2.35. The number of nitro groups is 1. The zero-order valence-electron chi connectivity index (χ0n) is 64.6. The van der Waals surface area contributed by atoms with Crippen LogP contribution in [0.25, 0.3) is 78.4 Å². The Labute approximate surface area is 716 Å². The van der Waals surface area contributed by atoms with Crippen LogP contribution in [0.15, 0.2) is 248 Å². The van der Waals surface area contributed by atoms with Gasteiger partial charge < -0.3 is 61.5 Å². The van der Waals surface area contributed by atoms with E-state index in [9.17, 15) is 33.7 Å². The molecule has 0 fully saturated rings. The highest BCUT2D eigenvalue weighted by atomic mass is 79.9. The van der Waals surface area contributed by atoms with Crippen LogP contribution in [0.2, 0.25) is 5.15 Å². The summed E-state index contributed by atoms with van der Waals surface area (Å²) >= 11 is 17.1. The van der Waals surface area contributed by atoms with Crippen molar-refractivity contribution in [1.29, 1.82) is 0 Å². The minimum Gasteiger partial charge on any atom is -0.497 e. The van der Waals surface area contributed by atoms with Crippen LogP contribution in [-0.2, 0) is 0 Å². The zero-order chi connectivity index (χ0) is 83.5. The zero-order valence-corrected chi connectivity index (χ0v) is 71.0. The number of methoxy groups -OCH3 is 4. The summed E-state index contributed by atoms with van der Waals surface area (Å²) in [6.45, 7) is 7.44. The summed E-state index contributed by atoms with van der Waals surface area (Å²) in [5.74, 6) is 2.22. The van der Waals surface area contributed by atoms with Crippen molar-refractivity contribution >= 4 is 136 Å². The number of urea groups is 4. The molecule has 0 radical (unpaired) electrons. The van der Waals surface area contributed by atoms with Crippen LogP contribution in [-0.4, -0.2) is 82.4 Å². The third-order valence-corrected chi connectivity index (χ3v) is 24.8. The second kappa shape index (κ2) is 37.2. The van der Waals surface area contributed by atoms with Gasteiger partial charge in [-0.15, -0.1) is 56.7 Å². The molecule has 4 atom stereocenters. The van der Waals surface area contributed by atoms with Gasteiger partial charge in [0.1, 0.15) is 48.2 Å². The fraction of sp³-hybridized carbons (Fsp3) is 0.138. The first-order valence-corrected chi connectivity index (χ1v) is 42.2. The number of pyridine rings is 1. The van der Waals surface area contributed by atoms with E-state index in [1.807, 2.05) is 175 Å². The molecular formula is C87H73BrClFN14O10S5. The molecule has 10 heterocycles. The molecule has 119 heavy (non-hydrogen) atoms. The molecule has 0 aliphatic carbocycles. The standard InChI is InChI=1S/C27H23N3O2S.C21H17FN4O4S.C20H17ClN4O2S.C19H16BrN3O2S2/c1-17-24(26-29-23(16-33-26)20-12-14-22(32-2)15-13-20)25(30-27(31)28-17)21-10-8-19(9-11-21)18-6-4-3-5-7-18;1-11-18(20-24-16(10-31-20)12-3-6-14(30-2)7-4-12)19(25-21(27)23-11)13-5-8-15(22)17(9-13)26(28)29;1-11-17(18(25-20(26)23-11)13-5-8-16(21)22-9-13)19-24-15(10-28-19)12-3-6-14(27-2)7-4-12;1-10-16(17(23-19(24)21-10)15-7-12(20)8-26-15)18-22-14(9-27-18)11-3-5-13(25-2)6-4-11/h3-16,25H,1-2H3,(H2,28,30,31);3-10,19H,1-2H3,(H2,23,25,27);3-10,18H,1-2H3,(H2,23,25,26);3-9,17H,1-2H3,(H2,21,23,24). The van der Waals surface area contributed by atoms with E-state index in [1.54, 1.807) is 81.6 Å². The summed E-state index contributed by atoms with van der Waals surface area (Å²) in [6, 6.07) is 56.0. The average molecular weight is 1770 g/mol. The SMILES string of the molecule is COc1ccc(-c2csc(C3=C(C)NC(=O)NC3c3cc(Br)cs3)n2)cc1.COc1ccc(-c2csc(C3=C(C)NC(=O)NC3c3ccc(-c4ccccc4)cc3)n2)cc1.COc1ccc(-c2csc(C3=C(C)NC(=O)NC3c3ccc(Cl)nc3)n2)cc1.COc1ccc(-c2csc(C3=C(C)NC(=O)NC3c3ccc(F)c([N+](=O)[O-])c3)n2)cc1. The number of nitro benzene ring substituents is 1. The Morgan fingerprint density at radius 2 is 0.731 bits per heavy atom. The molecule has 0 saturated carbocycles. The molecule has 8 N–H and O–H groups in total. The quantitative estimate of drug-likeness (QED) is 0.0225. The number of ether oxygens (including phenoxy) is 4. The fourth-order valence-electron chi connectivity index (χ4n) is 13.4. The number of rotatable bonds is 18. The number of carbonyl (C=O) groups excluding carboxylic acids is 4. The fourth-order valence-corrected chi connectivity index (χ4v) is 18.9. The van der Waals surface area contributed by atoms with Gasteiger partial charge in [0.25, 0.3) is 0 Å². The normalized spacial score (nSPS) is 16.2. The summed E-state index contributed by atoms with van der Waals surface area (Å²) in [5, 5.41) is 47.9. The van der Waals surface area contributed by atoms with Gasteiger partial charge in [0.2, 0.25) is 5.82 Å². The summed E-state index contributed by atoms with van der Waals surface area (Å²) in [6.07, 6.45) is 1.67. The molecule has 6 aromatic heterocycles. The minimum atomic E-state index is -0.938. The van der Waals surface area contributed by atoms with Gasteiger partial charge in [-0.3, -0.25) is 10.1 Å². The molecule has 4 aliphatic rings. The molecule has 17 rings (SSSR count). The topological polar surface area (TPSA) is 309 Å². The van der Waals surface area contributed by atoms with Gasteiger partial charge in [-0.25, -0.2) is 44.1 Å². The van der Waals surface area contributed by atoms with Gasteiger partial charge in [0.15, 0.2) is 0 Å². The van der Waals surface area contributed by atoms with Gasteiger partial charge in [-0.2, -0.15) is 4.39 Å². The lowest BCUT2D eigenvalue weighted by Gasteiger charge is -2.28. The monoisotopic (exact) mass is 1770 g/mol. The number of nitrogens with one attached hydrogen (secondary N) is 8. The number of benzene rings is 7. The Morgan fingerprint density at radius 3 is 1.08 bits per heavy atom. The van der Waals surface area contributed by atoms with E-state index in [4.69, 9.17) is 50.5 Å². The Hall–Kier alpha value is -12.8. The molecule has 32 heteroatoms. The van der Waals surface area contributed by atoms with Gasteiger partial charge in [0, 0.05) is 116 Å². The molecule has 7 aromatic carbocycles. The number of carbonyl (C=O) groups is 4. The number of halogens is 3. The lowest BCUT2D eigenvalue weighted by atomic mass is 9.94. The lowest BCUT2D eigenvalue weighted by Crippen LogP contribution is -2.42. The van der Waals surface area contributed by atoms with Crippen molar-refractivity contribution in [2.75, 3.05) is 28.4 Å². The molecule has 4 aliphatic heterocycles. The van der Waals surface area contributed by atoms with Crippen LogP contribution in [0.5, 0.6) is 23.0 Å². The van der Waals surface area contributed by atoms with Crippen molar-refractivity contribution in [3.63, 3.8) is 0 Å². The maximum absolute atomic E-state index is 13.8. The molecule has 4 unspecified atom stereocenters. The Balaban J connectivity index is 0.000000131. The van der Waals surface area contributed by atoms with Crippen LogP contribution in [0, 0.1) is 15.9 Å². The average Bonchev–Trinajstić information content (AvgIpc) is 1.49. The third kappa shape index (κ3) is 19.3. The van der Waals surface area contributed by atoms with Crippen LogP contribution in [0.1, 0.15) is 93.5 Å². The second-order valence-electron chi connectivity index (χ2n) is 26.9. The summed E-state index contributed by atoms with van der Waals surface area (Å²) < 4.78 is 35.7. The maximum atomic E-state index is 13.8. The largest absolute Gasteiger partial charge is 0.497 e. The highest BCUT2D eigenvalue weighted by Crippen LogP contribution is 2.45. The predicted molar refractivity (Wildman–Crippen MR) is 471 cm³/mol. The first-order valence-electron chi connectivity index (χ1n) is 36.6. The van der Waals surface area contributed by atoms with Crippen LogP contribution in [0.4, 0.5) is 29.3 Å². The van der Waals surface area contributed by atoms with Gasteiger partial charge in [-0.1, -0.05) is 78.3 Å². The van der Waals surface area contributed by atoms with Gasteiger partial charge >= 0.3 is 29.8 Å². The van der Waals surface area contributed by atoms with E-state index in [1.165, 1.54) is 28.7 Å². The Morgan fingerprint density at radius 1 is 0.403 bits per heavy atom. The Bertz CT molecular complexity index is 6060. The molecule has 13 aromatic rings. The van der Waals surface area contributed by atoms with Gasteiger partial charge in [-0.05, 0) is 187 Å². The summed E-state index contributed by atoms with van der Waals surface area (Å²) in [5.41, 5.74) is 17.7. The van der Waals surface area contributed by atoms with Crippen molar-refractivity contribution < 1.29 is 47.4 Å². The number of nitrogens with zero attached hydrogens (tertiary/aromatic N) is 6. The van der Waals surface area contributed by atoms with E-state index in [0.29, 0.717) is 27.0 Å². The molecule has 8 amide bonds. The molecule has 0 spiro atoms. The van der Waals surface area contributed by atoms with E-state index in [0.717, 1.165) is 161 Å². The van der Waals surface area contributed by atoms with Crippen molar-refractivity contribution in [1.82, 2.24) is 67.5 Å². The summed E-state index contributed by atoms with van der Waals surface area (Å²) in [7, 11) is 6.54. The number of hydrogen-bond donors (Lipinski definition) is 8. The number of thiophene rings is 1. The molecule has 602 valence electrons. The highest BCUT2D eigenvalue weighted by molar-refractivity contribution is 9.10. The van der Waals surface area contributed by atoms with Gasteiger partial charge in [0.05, 0.1) is 80.3 Å². The smallest absolute Gasteiger partial charge is 0.319 e. The lowest BCUT2D eigenvalue weighted by molar-refractivity contribution is -0.387. The molecular weight excluding hydrogens is 1700 g/mol. The number of amides is 8. The van der Waals surface area contributed by atoms with E-state index in [-0.39, 0.29) is 36.2 Å². The van der Waals surface area contributed by atoms with E-state index < -0.39 is 28.5 Å². The molecule has 24 nitrogen and oxygen atoms in total. The number of hydrogen-bond acceptors (Lipinski definition) is 20. The maximum Gasteiger partial charge on any atom is 0.319 e. The van der Waals surface area contributed by atoms with Crippen molar-refractivity contribution in [3.8, 4) is 79.2 Å². The predicted octanol–water partition coefficient (Wildman–Crippen LogP) is 21.0. The number of aromatic nitrogens is 5. The van der Waals surface area contributed by atoms with E-state index >= 15 is 0 Å². The van der Waals surface area contributed by atoms with Crippen molar-refractivity contribution in [3.05, 3.63) is 311 Å². The van der Waals surface area contributed by atoms with E-state index in [2.05, 4.69) is 99.8 Å². The van der Waals surface area contributed by atoms with Crippen molar-refractivity contribution in [2.24, 2.45) is 0 Å². The van der Waals surface area contributed by atoms with Crippen LogP contribution < -0.4 is 61.5 Å². The first-order chi connectivity index (χ1) is 57.6. The summed E-state index contributed by atoms with van der Waals surface area (Å²) in [4.78, 5) is 83.4. The van der Waals surface area contributed by atoms with Crippen molar-refractivity contribution in [2.45, 2.75) is 51.9 Å². The molecule has 0 saturated heterocycles. The number of thiazole rings is 4. The Kier molecular flexibility index (Phi) is 25.9. The second-order valence-corrected chi connectivity index (χ2v) is 32.6. The minimum absolute atomic E-state index is 0.197. The molecule has 0 bridgehead atoms. The number of allylic oxidation sites excluding steroid dienone is 4. The van der Waals surface area contributed by atoms with Crippen LogP contribution in [0.3, 0.4) is 0 Å².